The summed E-state index contributed by atoms with van der Waals surface area (Å²) in [5.41, 5.74) is 2.29. The van der Waals surface area contributed by atoms with Gasteiger partial charge in [-0.15, -0.1) is 0 Å². The summed E-state index contributed by atoms with van der Waals surface area (Å²) >= 11 is 0. The fourth-order valence-corrected chi connectivity index (χ4v) is 2.35. The van der Waals surface area contributed by atoms with Gasteiger partial charge >= 0.3 is 23.9 Å². The zero-order valence-corrected chi connectivity index (χ0v) is 24.3. The Bertz CT molecular complexity index is 991. The summed E-state index contributed by atoms with van der Waals surface area (Å²) in [7, 11) is 0. The Hall–Kier alpha value is -4.20. The van der Waals surface area contributed by atoms with Gasteiger partial charge in [0.05, 0.1) is 6.61 Å². The Morgan fingerprint density at radius 2 is 1.27 bits per heavy atom. The second-order valence-corrected chi connectivity index (χ2v) is 8.64. The highest BCUT2D eigenvalue weighted by Gasteiger charge is 2.08. The third kappa shape index (κ3) is 21.8. The van der Waals surface area contributed by atoms with Gasteiger partial charge in [0.1, 0.15) is 13.2 Å². The predicted octanol–water partition coefficient (Wildman–Crippen LogP) is 6.64. The van der Waals surface area contributed by atoms with Crippen molar-refractivity contribution in [1.29, 1.82) is 0 Å². The second-order valence-electron chi connectivity index (χ2n) is 8.64. The highest BCUT2D eigenvalue weighted by atomic mass is 16.6. The third-order valence-electron chi connectivity index (χ3n) is 4.79. The van der Waals surface area contributed by atoms with Crippen LogP contribution in [-0.2, 0) is 33.4 Å². The number of aliphatic carboxylic acids is 1. The molecule has 1 aromatic rings. The van der Waals surface area contributed by atoms with Crippen LogP contribution < -0.4 is 0 Å². The molecular weight excluding hydrogens is 512 g/mol. The number of carboxylic acid groups (broad SMARTS) is 1. The van der Waals surface area contributed by atoms with E-state index >= 15 is 0 Å². The molecule has 8 nitrogen and oxygen atoms in total. The first kappa shape index (κ1) is 37.9. The average molecular weight is 557 g/mol. The summed E-state index contributed by atoms with van der Waals surface area (Å²) in [6, 6.07) is 10.0. The van der Waals surface area contributed by atoms with E-state index < -0.39 is 23.9 Å². The largest absolute Gasteiger partial charge is 0.478 e. The van der Waals surface area contributed by atoms with E-state index in [1.54, 1.807) is 13.8 Å². The molecule has 0 unspecified atom stereocenters. The van der Waals surface area contributed by atoms with Crippen molar-refractivity contribution in [2.24, 2.45) is 0 Å². The van der Waals surface area contributed by atoms with Gasteiger partial charge in [-0.2, -0.15) is 0 Å². The molecule has 0 fully saturated rings. The van der Waals surface area contributed by atoms with E-state index in [0.29, 0.717) is 17.8 Å². The minimum atomic E-state index is -0.990. The zero-order valence-electron chi connectivity index (χ0n) is 24.3. The number of hydrogen-bond acceptors (Lipinski definition) is 7. The molecule has 0 saturated carbocycles. The van der Waals surface area contributed by atoms with Crippen LogP contribution in [0.2, 0.25) is 0 Å². The molecule has 1 N–H and O–H groups in total. The summed E-state index contributed by atoms with van der Waals surface area (Å²) in [6.07, 6.45) is 7.69. The molecule has 8 heteroatoms. The number of carboxylic acids is 1. The first-order chi connectivity index (χ1) is 18.9. The van der Waals surface area contributed by atoms with Crippen LogP contribution >= 0.6 is 0 Å². The molecule has 0 heterocycles. The quantitative estimate of drug-likeness (QED) is 0.111. The number of rotatable bonds is 15. The number of esters is 3. The fraction of sp³-hybridized carbons (Fsp3) is 0.375. The zero-order chi connectivity index (χ0) is 30.9. The first-order valence-electron chi connectivity index (χ1n) is 12.9. The molecule has 0 aliphatic rings. The summed E-state index contributed by atoms with van der Waals surface area (Å²) in [5, 5.41) is 8.64. The second kappa shape index (κ2) is 23.9. The number of carbonyl (C=O) groups excluding carboxylic acids is 3. The molecule has 0 bridgehead atoms. The fourth-order valence-electron chi connectivity index (χ4n) is 2.35. The van der Waals surface area contributed by atoms with E-state index in [9.17, 15) is 19.2 Å². The monoisotopic (exact) mass is 556 g/mol. The number of carbonyl (C=O) groups is 4. The number of ether oxygens (including phenoxy) is 3. The molecule has 0 atom stereocenters. The number of unbranched alkanes of at least 4 members (excludes halogenated alkanes) is 3. The van der Waals surface area contributed by atoms with Crippen molar-refractivity contribution in [1.82, 2.24) is 0 Å². The molecule has 0 amide bonds. The highest BCUT2D eigenvalue weighted by molar-refractivity contribution is 5.89. The van der Waals surface area contributed by atoms with Crippen LogP contribution in [0.1, 0.15) is 65.4 Å². The molecule has 220 valence electrons. The van der Waals surface area contributed by atoms with Gasteiger partial charge in [-0.25, -0.2) is 19.2 Å². The van der Waals surface area contributed by atoms with Gasteiger partial charge in [0.15, 0.2) is 0 Å². The maximum absolute atomic E-state index is 11.5. The summed E-state index contributed by atoms with van der Waals surface area (Å²) in [4.78, 5) is 43.7. The van der Waals surface area contributed by atoms with Crippen LogP contribution in [-0.4, -0.2) is 48.8 Å². The molecule has 0 aliphatic heterocycles. The van der Waals surface area contributed by atoms with Gasteiger partial charge in [-0.3, -0.25) is 0 Å². The molecule has 1 rings (SSSR count). The molecule has 40 heavy (non-hydrogen) atoms. The number of hydrogen-bond donors (Lipinski definition) is 1. The van der Waals surface area contributed by atoms with Crippen molar-refractivity contribution in [2.75, 3.05) is 19.8 Å². The van der Waals surface area contributed by atoms with Crippen LogP contribution in [0.15, 0.2) is 85.0 Å². The van der Waals surface area contributed by atoms with E-state index in [-0.39, 0.29) is 30.8 Å². The van der Waals surface area contributed by atoms with Gasteiger partial charge in [-0.05, 0) is 39.2 Å². The normalized spacial score (nSPS) is 9.85. The van der Waals surface area contributed by atoms with E-state index in [2.05, 4.69) is 42.7 Å². The van der Waals surface area contributed by atoms with Gasteiger partial charge in [0.25, 0.3) is 0 Å². The molecule has 0 aliphatic carbocycles. The Balaban J connectivity index is 0. The van der Waals surface area contributed by atoms with Gasteiger partial charge in [0, 0.05) is 22.3 Å². The van der Waals surface area contributed by atoms with E-state index in [1.165, 1.54) is 18.6 Å². The summed E-state index contributed by atoms with van der Waals surface area (Å²) < 4.78 is 14.4. The van der Waals surface area contributed by atoms with Crippen molar-refractivity contribution < 1.29 is 38.5 Å². The molecular formula is C32H44O8. The molecule has 0 radical (unpaired) electrons. The predicted molar refractivity (Wildman–Crippen MR) is 158 cm³/mol. The summed E-state index contributed by atoms with van der Waals surface area (Å²) in [6.45, 7) is 21.2. The molecule has 1 aromatic carbocycles. The maximum Gasteiger partial charge on any atom is 0.333 e. The Morgan fingerprint density at radius 1 is 0.775 bits per heavy atom. The van der Waals surface area contributed by atoms with E-state index in [1.807, 2.05) is 36.4 Å². The Kier molecular flexibility index (Phi) is 22.7. The molecule has 0 aromatic heterocycles. The lowest BCUT2D eigenvalue weighted by molar-refractivity contribution is -0.147. The van der Waals surface area contributed by atoms with Crippen molar-refractivity contribution >= 4 is 30.0 Å². The summed E-state index contributed by atoms with van der Waals surface area (Å²) in [5.74, 6) is -2.41. The SMILES string of the molecule is C=C(C)C(=O)OCCOC(=O)C(=C)C.C=C(CC=C(C)C(=O)O)C(=O)OCCCCCC.C=Cc1ccccc1. The van der Waals surface area contributed by atoms with Gasteiger partial charge in [-0.1, -0.05) is 95.0 Å². The lowest BCUT2D eigenvalue weighted by Crippen LogP contribution is -2.14. The standard InChI is InChI=1S/C14H22O4.C10H14O4.C8H8/c1-4-5-6-7-10-18-14(17)12(3)9-8-11(2)13(15)16;1-7(2)9(11)13-5-6-14-10(12)8(3)4;1-2-8-6-4-3-5-7-8/h8H,3-7,9-10H2,1-2H3,(H,15,16);1,3,5-6H2,2,4H3;2-7H,1H2. The smallest absolute Gasteiger partial charge is 0.333 e. The van der Waals surface area contributed by atoms with Crippen LogP contribution in [0.4, 0.5) is 0 Å². The van der Waals surface area contributed by atoms with Crippen molar-refractivity contribution in [3.63, 3.8) is 0 Å². The third-order valence-corrected chi connectivity index (χ3v) is 4.79. The van der Waals surface area contributed by atoms with Crippen molar-refractivity contribution in [3.05, 3.63) is 90.6 Å². The van der Waals surface area contributed by atoms with Crippen LogP contribution in [0, 0.1) is 0 Å². The number of benzene rings is 1. The molecule has 0 saturated heterocycles. The number of allylic oxidation sites excluding steroid dienone is 1. The first-order valence-corrected chi connectivity index (χ1v) is 12.9. The molecule has 0 spiro atoms. The Morgan fingerprint density at radius 3 is 1.68 bits per heavy atom. The van der Waals surface area contributed by atoms with Crippen molar-refractivity contribution in [3.8, 4) is 0 Å². The topological polar surface area (TPSA) is 116 Å². The van der Waals surface area contributed by atoms with E-state index in [4.69, 9.17) is 9.84 Å². The highest BCUT2D eigenvalue weighted by Crippen LogP contribution is 2.07. The Labute approximate surface area is 238 Å². The van der Waals surface area contributed by atoms with E-state index in [0.717, 1.165) is 25.7 Å². The maximum atomic E-state index is 11.5. The van der Waals surface area contributed by atoms with Gasteiger partial charge < -0.3 is 19.3 Å². The lowest BCUT2D eigenvalue weighted by atomic mass is 10.1. The van der Waals surface area contributed by atoms with Crippen LogP contribution in [0.25, 0.3) is 6.08 Å². The van der Waals surface area contributed by atoms with Crippen molar-refractivity contribution in [2.45, 2.75) is 59.8 Å². The average Bonchev–Trinajstić information content (AvgIpc) is 2.94. The van der Waals surface area contributed by atoms with Crippen LogP contribution in [0.5, 0.6) is 0 Å². The lowest BCUT2D eigenvalue weighted by Gasteiger charge is -2.05. The van der Waals surface area contributed by atoms with Gasteiger partial charge in [0.2, 0.25) is 0 Å². The minimum absolute atomic E-state index is 0.0325. The van der Waals surface area contributed by atoms with Crippen LogP contribution in [0.3, 0.4) is 0 Å². The minimum Gasteiger partial charge on any atom is -0.478 e.